The maximum absolute atomic E-state index is 5.43. The number of benzene rings is 1. The Kier molecular flexibility index (Phi) is 8.20. The lowest BCUT2D eigenvalue weighted by Gasteiger charge is -2.25. The van der Waals surface area contributed by atoms with Gasteiger partial charge in [0.2, 0.25) is 0 Å². The van der Waals surface area contributed by atoms with Gasteiger partial charge in [-0.15, -0.1) is 0 Å². The van der Waals surface area contributed by atoms with Crippen molar-refractivity contribution < 1.29 is 9.47 Å². The molecule has 0 atom stereocenters. The van der Waals surface area contributed by atoms with Crippen LogP contribution in [0.1, 0.15) is 26.2 Å². The van der Waals surface area contributed by atoms with Gasteiger partial charge < -0.3 is 14.4 Å². The summed E-state index contributed by atoms with van der Waals surface area (Å²) in [5.41, 5.74) is 1.34. The second kappa shape index (κ2) is 9.90. The maximum atomic E-state index is 5.43. The molecule has 0 unspecified atom stereocenters. The monoisotopic (exact) mass is 416 g/mol. The summed E-state index contributed by atoms with van der Waals surface area (Å²) in [6, 6.07) is 4.36. The van der Waals surface area contributed by atoms with E-state index in [9.17, 15) is 0 Å². The van der Waals surface area contributed by atoms with Crippen molar-refractivity contribution in [3.05, 3.63) is 16.6 Å². The highest BCUT2D eigenvalue weighted by molar-refractivity contribution is 9.10. The number of halogens is 1. The molecular weight excluding hydrogens is 388 g/mol. The van der Waals surface area contributed by atoms with Crippen LogP contribution < -0.4 is 9.64 Å². The van der Waals surface area contributed by atoms with E-state index in [1.807, 2.05) is 18.9 Å². The summed E-state index contributed by atoms with van der Waals surface area (Å²) < 4.78 is 13.3. The molecule has 4 nitrogen and oxygen atoms in total. The molecule has 1 heterocycles. The topological polar surface area (TPSA) is 24.9 Å². The van der Waals surface area contributed by atoms with Crippen molar-refractivity contribution in [2.45, 2.75) is 31.1 Å². The van der Waals surface area contributed by atoms with Gasteiger partial charge in [0.1, 0.15) is 5.75 Å². The Balaban J connectivity index is 0.000000471. The van der Waals surface area contributed by atoms with Gasteiger partial charge in [-0.2, -0.15) is 0 Å². The van der Waals surface area contributed by atoms with Crippen LogP contribution in [0, 0.1) is 5.92 Å². The van der Waals surface area contributed by atoms with Crippen LogP contribution in [-0.4, -0.2) is 51.8 Å². The number of nitrogens with zero attached hydrogens (tertiary/aromatic N) is 2. The zero-order valence-electron chi connectivity index (χ0n) is 15.2. The highest BCUT2D eigenvalue weighted by atomic mass is 79.9. The summed E-state index contributed by atoms with van der Waals surface area (Å²) in [5.74, 6) is 1.89. The predicted molar refractivity (Wildman–Crippen MR) is 106 cm³/mol. The van der Waals surface area contributed by atoms with E-state index in [0.717, 1.165) is 35.8 Å². The average Bonchev–Trinajstić information content (AvgIpc) is 3.41. The zero-order valence-corrected chi connectivity index (χ0v) is 17.6. The summed E-state index contributed by atoms with van der Waals surface area (Å²) >= 11 is 5.44. The van der Waals surface area contributed by atoms with Gasteiger partial charge in [0.15, 0.2) is 0 Å². The van der Waals surface area contributed by atoms with Crippen molar-refractivity contribution in [1.82, 2.24) is 4.31 Å². The molecule has 1 fully saturated rings. The molecule has 0 spiro atoms. The van der Waals surface area contributed by atoms with E-state index < -0.39 is 0 Å². The smallest absolute Gasteiger partial charge is 0.134 e. The van der Waals surface area contributed by atoms with Gasteiger partial charge in [0.05, 0.1) is 22.2 Å². The highest BCUT2D eigenvalue weighted by Crippen LogP contribution is 2.42. The molecule has 0 bridgehead atoms. The standard InChI is InChI=1S/C15H21BrN2OS.C3H8O/c1-17-7-8-18(6-5-11-3-4-11)13-9-12(16)14(19-2)10-15(13)20-17;1-3-4-2/h9-11H,3-8H2,1-2H3;3H2,1-2H3. The molecule has 136 valence electrons. The first kappa shape index (κ1) is 19.9. The van der Waals surface area contributed by atoms with E-state index in [1.165, 1.54) is 36.4 Å². The molecule has 1 aliphatic carbocycles. The molecule has 1 aromatic carbocycles. The third kappa shape index (κ3) is 5.83. The van der Waals surface area contributed by atoms with E-state index in [4.69, 9.17) is 4.74 Å². The minimum atomic E-state index is 0.819. The number of fused-ring (bicyclic) bond motifs is 1. The first-order valence-corrected chi connectivity index (χ1v) is 10.2. The van der Waals surface area contributed by atoms with E-state index in [1.54, 1.807) is 14.2 Å². The Morgan fingerprint density at radius 2 is 1.96 bits per heavy atom. The first-order valence-electron chi connectivity index (χ1n) is 8.59. The summed E-state index contributed by atoms with van der Waals surface area (Å²) in [6.45, 7) is 6.14. The SMILES string of the molecule is CCOC.COc1cc2c(cc1Br)N(CCC1CC1)CCN(C)S2. The lowest BCUT2D eigenvalue weighted by atomic mass is 10.2. The van der Waals surface area contributed by atoms with E-state index in [0.29, 0.717) is 0 Å². The van der Waals surface area contributed by atoms with Crippen molar-refractivity contribution in [1.29, 1.82) is 0 Å². The molecular formula is C18H29BrN2O2S. The lowest BCUT2D eigenvalue weighted by Crippen LogP contribution is -2.30. The van der Waals surface area contributed by atoms with Crippen LogP contribution in [0.5, 0.6) is 5.75 Å². The van der Waals surface area contributed by atoms with Gasteiger partial charge in [-0.3, -0.25) is 0 Å². The van der Waals surface area contributed by atoms with Crippen LogP contribution in [0.2, 0.25) is 0 Å². The zero-order chi connectivity index (χ0) is 17.5. The van der Waals surface area contributed by atoms with Gasteiger partial charge in [-0.05, 0) is 66.3 Å². The fraction of sp³-hybridized carbons (Fsp3) is 0.667. The molecule has 0 aromatic heterocycles. The Morgan fingerprint density at radius 3 is 2.54 bits per heavy atom. The van der Waals surface area contributed by atoms with Crippen molar-refractivity contribution in [2.75, 3.05) is 52.4 Å². The molecule has 1 saturated carbocycles. The number of methoxy groups -OCH3 is 2. The average molecular weight is 417 g/mol. The quantitative estimate of drug-likeness (QED) is 0.649. The maximum Gasteiger partial charge on any atom is 0.134 e. The molecule has 1 aromatic rings. The minimum absolute atomic E-state index is 0.819. The largest absolute Gasteiger partial charge is 0.496 e. The van der Waals surface area contributed by atoms with Crippen LogP contribution in [-0.2, 0) is 4.74 Å². The lowest BCUT2D eigenvalue weighted by molar-refractivity contribution is 0.215. The number of hydrogen-bond acceptors (Lipinski definition) is 5. The third-order valence-corrected chi connectivity index (χ3v) is 5.94. The van der Waals surface area contributed by atoms with Crippen molar-refractivity contribution in [2.24, 2.45) is 5.92 Å². The van der Waals surface area contributed by atoms with Crippen LogP contribution in [0.3, 0.4) is 0 Å². The minimum Gasteiger partial charge on any atom is -0.496 e. The molecule has 6 heteroatoms. The molecule has 0 amide bonds. The van der Waals surface area contributed by atoms with Gasteiger partial charge in [0.25, 0.3) is 0 Å². The second-order valence-corrected chi connectivity index (χ2v) is 8.29. The number of rotatable bonds is 5. The summed E-state index contributed by atoms with van der Waals surface area (Å²) in [7, 11) is 5.57. The highest BCUT2D eigenvalue weighted by Gasteiger charge is 2.25. The number of likely N-dealkylation sites (N-methyl/N-ethyl adjacent to an activating group) is 1. The first-order chi connectivity index (χ1) is 11.6. The number of ether oxygens (including phenoxy) is 2. The van der Waals surface area contributed by atoms with Crippen LogP contribution in [0.4, 0.5) is 5.69 Å². The van der Waals surface area contributed by atoms with Crippen molar-refractivity contribution in [3.8, 4) is 5.75 Å². The third-order valence-electron chi connectivity index (χ3n) is 4.31. The van der Waals surface area contributed by atoms with Crippen molar-refractivity contribution in [3.63, 3.8) is 0 Å². The Morgan fingerprint density at radius 1 is 1.25 bits per heavy atom. The molecule has 0 radical (unpaired) electrons. The van der Waals surface area contributed by atoms with Gasteiger partial charge in [0, 0.05) is 33.4 Å². The Bertz CT molecular complexity index is 524. The molecule has 1 aliphatic heterocycles. The molecule has 0 saturated heterocycles. The number of anilines is 1. The van der Waals surface area contributed by atoms with E-state index in [2.05, 4.69) is 49.1 Å². The van der Waals surface area contributed by atoms with E-state index >= 15 is 0 Å². The molecule has 3 rings (SSSR count). The molecule has 24 heavy (non-hydrogen) atoms. The Labute approximate surface area is 159 Å². The predicted octanol–water partition coefficient (Wildman–Crippen LogP) is 4.67. The summed E-state index contributed by atoms with van der Waals surface area (Å²) in [4.78, 5) is 3.83. The fourth-order valence-corrected chi connectivity index (χ4v) is 4.02. The van der Waals surface area contributed by atoms with Gasteiger partial charge in [-0.1, -0.05) is 12.8 Å². The van der Waals surface area contributed by atoms with Crippen LogP contribution >= 0.6 is 27.9 Å². The van der Waals surface area contributed by atoms with Crippen LogP contribution in [0.15, 0.2) is 21.5 Å². The Hall–Kier alpha value is -0.430. The van der Waals surface area contributed by atoms with Gasteiger partial charge >= 0.3 is 0 Å². The second-order valence-electron chi connectivity index (χ2n) is 6.19. The fourth-order valence-electron chi connectivity index (χ4n) is 2.57. The van der Waals surface area contributed by atoms with Crippen molar-refractivity contribution >= 4 is 33.6 Å². The normalized spacial score (nSPS) is 17.6. The molecule has 0 N–H and O–H groups in total. The van der Waals surface area contributed by atoms with Crippen LogP contribution in [0.25, 0.3) is 0 Å². The number of hydrogen-bond donors (Lipinski definition) is 0. The van der Waals surface area contributed by atoms with E-state index in [-0.39, 0.29) is 0 Å². The summed E-state index contributed by atoms with van der Waals surface area (Å²) in [6.07, 6.45) is 4.20. The molecule has 2 aliphatic rings. The van der Waals surface area contributed by atoms with Gasteiger partial charge in [-0.25, -0.2) is 4.31 Å². The summed E-state index contributed by atoms with van der Waals surface area (Å²) in [5, 5.41) is 0.